The number of carbonyl (C=O) groups excluding carboxylic acids is 1. The monoisotopic (exact) mass is 287 g/mol. The Labute approximate surface area is 119 Å². The molecule has 3 aromatic rings. The minimum absolute atomic E-state index is 0.127. The zero-order valence-corrected chi connectivity index (χ0v) is 11.9. The molecule has 0 aliphatic rings. The summed E-state index contributed by atoms with van der Waals surface area (Å²) in [5.41, 5.74) is 2.68. The predicted molar refractivity (Wildman–Crippen MR) is 78.0 cm³/mol. The van der Waals surface area contributed by atoms with Crippen molar-refractivity contribution in [2.45, 2.75) is 19.9 Å². The zero-order valence-electron chi connectivity index (χ0n) is 11.1. The average molecular weight is 287 g/mol. The van der Waals surface area contributed by atoms with Gasteiger partial charge in [0.1, 0.15) is 16.7 Å². The van der Waals surface area contributed by atoms with Crippen LogP contribution in [0.1, 0.15) is 30.4 Å². The quantitative estimate of drug-likeness (QED) is 0.804. The molecule has 3 rings (SSSR count). The van der Waals surface area contributed by atoms with Crippen LogP contribution in [0.4, 0.5) is 5.69 Å². The van der Waals surface area contributed by atoms with Gasteiger partial charge >= 0.3 is 0 Å². The SMILES string of the molecule is CC(C)n1nccc1C(=O)Nc1cccc2nsnc12. The normalized spacial score (nSPS) is 11.2. The van der Waals surface area contributed by atoms with Gasteiger partial charge < -0.3 is 5.32 Å². The van der Waals surface area contributed by atoms with E-state index in [2.05, 4.69) is 19.2 Å². The molecule has 1 amide bonds. The number of rotatable bonds is 3. The third-order valence-corrected chi connectivity index (χ3v) is 3.47. The van der Waals surface area contributed by atoms with E-state index < -0.39 is 0 Å². The van der Waals surface area contributed by atoms with Gasteiger partial charge in [-0.2, -0.15) is 13.8 Å². The zero-order chi connectivity index (χ0) is 14.1. The molecule has 6 nitrogen and oxygen atoms in total. The highest BCUT2D eigenvalue weighted by atomic mass is 32.1. The van der Waals surface area contributed by atoms with Crippen LogP contribution in [0.15, 0.2) is 30.5 Å². The maximum Gasteiger partial charge on any atom is 0.274 e. The van der Waals surface area contributed by atoms with Gasteiger partial charge in [-0.3, -0.25) is 9.48 Å². The van der Waals surface area contributed by atoms with Crippen LogP contribution >= 0.6 is 11.7 Å². The molecule has 2 aromatic heterocycles. The molecule has 0 spiro atoms. The van der Waals surface area contributed by atoms with Gasteiger partial charge in [-0.15, -0.1) is 0 Å². The summed E-state index contributed by atoms with van der Waals surface area (Å²) in [7, 11) is 0. The lowest BCUT2D eigenvalue weighted by Crippen LogP contribution is -2.19. The highest BCUT2D eigenvalue weighted by Gasteiger charge is 2.15. The predicted octanol–water partition coefficient (Wildman–Crippen LogP) is 2.72. The van der Waals surface area contributed by atoms with Crippen molar-refractivity contribution in [3.05, 3.63) is 36.2 Å². The lowest BCUT2D eigenvalue weighted by Gasteiger charge is -2.11. The van der Waals surface area contributed by atoms with Crippen LogP contribution in [0.25, 0.3) is 11.0 Å². The maximum absolute atomic E-state index is 12.3. The van der Waals surface area contributed by atoms with E-state index in [9.17, 15) is 4.79 Å². The Morgan fingerprint density at radius 1 is 1.30 bits per heavy atom. The van der Waals surface area contributed by atoms with E-state index in [-0.39, 0.29) is 11.9 Å². The highest BCUT2D eigenvalue weighted by Crippen LogP contribution is 2.22. The van der Waals surface area contributed by atoms with Crippen LogP contribution < -0.4 is 5.32 Å². The molecule has 0 aliphatic heterocycles. The van der Waals surface area contributed by atoms with Crippen molar-refractivity contribution in [3.63, 3.8) is 0 Å². The lowest BCUT2D eigenvalue weighted by atomic mass is 10.2. The summed E-state index contributed by atoms with van der Waals surface area (Å²) in [6.45, 7) is 3.96. The Balaban J connectivity index is 1.93. The maximum atomic E-state index is 12.3. The minimum atomic E-state index is -0.197. The molecule has 0 unspecified atom stereocenters. The fourth-order valence-corrected chi connectivity index (χ4v) is 2.55. The molecule has 0 radical (unpaired) electrons. The Hall–Kier alpha value is -2.28. The van der Waals surface area contributed by atoms with E-state index in [1.54, 1.807) is 16.9 Å². The molecule has 7 heteroatoms. The van der Waals surface area contributed by atoms with Gasteiger partial charge in [0.05, 0.1) is 17.4 Å². The van der Waals surface area contributed by atoms with Crippen LogP contribution in [0.2, 0.25) is 0 Å². The van der Waals surface area contributed by atoms with Gasteiger partial charge in [0, 0.05) is 12.2 Å². The van der Waals surface area contributed by atoms with Crippen molar-refractivity contribution in [3.8, 4) is 0 Å². The number of carbonyl (C=O) groups is 1. The number of anilines is 1. The van der Waals surface area contributed by atoms with Gasteiger partial charge in [0.2, 0.25) is 0 Å². The van der Waals surface area contributed by atoms with Crippen molar-refractivity contribution in [1.29, 1.82) is 0 Å². The first kappa shape index (κ1) is 12.7. The first-order chi connectivity index (χ1) is 9.66. The molecule has 0 saturated heterocycles. The van der Waals surface area contributed by atoms with Crippen LogP contribution in [0, 0.1) is 0 Å². The Bertz CT molecular complexity index is 761. The van der Waals surface area contributed by atoms with Gasteiger partial charge in [-0.1, -0.05) is 6.07 Å². The average Bonchev–Trinajstić information content (AvgIpc) is 3.08. The van der Waals surface area contributed by atoms with E-state index in [0.29, 0.717) is 16.9 Å². The van der Waals surface area contributed by atoms with Crippen LogP contribution in [-0.2, 0) is 0 Å². The molecule has 0 saturated carbocycles. The molecule has 0 aliphatic carbocycles. The molecular formula is C13H13N5OS. The second kappa shape index (κ2) is 5.01. The minimum Gasteiger partial charge on any atom is -0.319 e. The van der Waals surface area contributed by atoms with Crippen LogP contribution in [0.3, 0.4) is 0 Å². The van der Waals surface area contributed by atoms with E-state index in [0.717, 1.165) is 17.2 Å². The molecule has 102 valence electrons. The van der Waals surface area contributed by atoms with E-state index >= 15 is 0 Å². The van der Waals surface area contributed by atoms with E-state index in [1.807, 2.05) is 32.0 Å². The molecular weight excluding hydrogens is 274 g/mol. The number of amides is 1. The number of fused-ring (bicyclic) bond motifs is 1. The summed E-state index contributed by atoms with van der Waals surface area (Å²) in [5.74, 6) is -0.197. The van der Waals surface area contributed by atoms with Crippen molar-refractivity contribution >= 4 is 34.4 Å². The molecule has 0 fully saturated rings. The summed E-state index contributed by atoms with van der Waals surface area (Å²) >= 11 is 1.13. The summed E-state index contributed by atoms with van der Waals surface area (Å²) in [5, 5.41) is 7.03. The Morgan fingerprint density at radius 2 is 2.15 bits per heavy atom. The first-order valence-electron chi connectivity index (χ1n) is 6.23. The summed E-state index contributed by atoms with van der Waals surface area (Å²) in [6, 6.07) is 7.36. The van der Waals surface area contributed by atoms with Gasteiger partial charge in [-0.05, 0) is 32.0 Å². The van der Waals surface area contributed by atoms with Gasteiger partial charge in [-0.25, -0.2) is 0 Å². The number of hydrogen-bond acceptors (Lipinski definition) is 5. The first-order valence-corrected chi connectivity index (χ1v) is 6.96. The van der Waals surface area contributed by atoms with Gasteiger partial charge in [0.25, 0.3) is 5.91 Å². The molecule has 0 bridgehead atoms. The third-order valence-electron chi connectivity index (χ3n) is 2.93. The third kappa shape index (κ3) is 2.16. The fourth-order valence-electron chi connectivity index (χ4n) is 2.00. The number of nitrogens with one attached hydrogen (secondary N) is 1. The number of hydrogen-bond donors (Lipinski definition) is 1. The number of benzene rings is 1. The molecule has 2 heterocycles. The van der Waals surface area contributed by atoms with E-state index in [4.69, 9.17) is 0 Å². The Morgan fingerprint density at radius 3 is 2.95 bits per heavy atom. The van der Waals surface area contributed by atoms with Crippen molar-refractivity contribution in [2.75, 3.05) is 5.32 Å². The standard InChI is InChI=1S/C13H13N5OS/c1-8(2)18-11(6-7-14-18)13(19)15-9-4-3-5-10-12(9)17-20-16-10/h3-8H,1-2H3,(H,15,19). The second-order valence-corrected chi connectivity index (χ2v) is 5.17. The fraction of sp³-hybridized carbons (Fsp3) is 0.231. The van der Waals surface area contributed by atoms with Crippen LogP contribution in [-0.4, -0.2) is 24.4 Å². The summed E-state index contributed by atoms with van der Waals surface area (Å²) in [4.78, 5) is 12.3. The molecule has 1 N–H and O–H groups in total. The molecule has 0 atom stereocenters. The second-order valence-electron chi connectivity index (χ2n) is 4.65. The lowest BCUT2D eigenvalue weighted by molar-refractivity contribution is 0.101. The largest absolute Gasteiger partial charge is 0.319 e. The Kier molecular flexibility index (Phi) is 3.19. The highest BCUT2D eigenvalue weighted by molar-refractivity contribution is 7.00. The number of nitrogens with zero attached hydrogens (tertiary/aromatic N) is 4. The molecule has 1 aromatic carbocycles. The van der Waals surface area contributed by atoms with Crippen molar-refractivity contribution in [1.82, 2.24) is 18.5 Å². The summed E-state index contributed by atoms with van der Waals surface area (Å²) in [6.07, 6.45) is 1.62. The number of aromatic nitrogens is 4. The van der Waals surface area contributed by atoms with Crippen LogP contribution in [0.5, 0.6) is 0 Å². The van der Waals surface area contributed by atoms with E-state index in [1.165, 1.54) is 0 Å². The van der Waals surface area contributed by atoms with Crippen molar-refractivity contribution in [2.24, 2.45) is 0 Å². The smallest absolute Gasteiger partial charge is 0.274 e. The van der Waals surface area contributed by atoms with Gasteiger partial charge in [0.15, 0.2) is 0 Å². The summed E-state index contributed by atoms with van der Waals surface area (Å²) < 4.78 is 10.1. The topological polar surface area (TPSA) is 72.7 Å². The van der Waals surface area contributed by atoms with Crippen molar-refractivity contribution < 1.29 is 4.79 Å². The molecule has 20 heavy (non-hydrogen) atoms.